The second-order valence-corrected chi connectivity index (χ2v) is 4.72. The van der Waals surface area contributed by atoms with Crippen LogP contribution in [-0.2, 0) is 6.42 Å². The molecule has 0 aromatic heterocycles. The topological polar surface area (TPSA) is 3.24 Å². The summed E-state index contributed by atoms with van der Waals surface area (Å²) in [7, 11) is 0. The number of aryl methyl sites for hydroxylation is 2. The quantitative estimate of drug-likeness (QED) is 0.704. The molecule has 0 radical (unpaired) electrons. The minimum Gasteiger partial charge on any atom is -0.341 e. The molecule has 1 aliphatic heterocycles. The van der Waals surface area contributed by atoms with E-state index in [-0.39, 0.29) is 0 Å². The highest BCUT2D eigenvalue weighted by atomic mass is 15.1. The van der Waals surface area contributed by atoms with E-state index in [0.29, 0.717) is 0 Å². The summed E-state index contributed by atoms with van der Waals surface area (Å²) in [6, 6.07) is 17.5. The van der Waals surface area contributed by atoms with Crippen LogP contribution < -0.4 is 4.90 Å². The fourth-order valence-electron chi connectivity index (χ4n) is 2.60. The van der Waals surface area contributed by atoms with Crippen LogP contribution in [-0.4, -0.2) is 6.54 Å². The Morgan fingerprint density at radius 2 is 1.88 bits per heavy atom. The van der Waals surface area contributed by atoms with Crippen LogP contribution in [0.2, 0.25) is 0 Å². The lowest BCUT2D eigenvalue weighted by Gasteiger charge is -2.31. The monoisotopic (exact) mass is 223 g/mol. The molecule has 0 spiro atoms. The van der Waals surface area contributed by atoms with Gasteiger partial charge in [0.05, 0.1) is 0 Å². The zero-order valence-electron chi connectivity index (χ0n) is 10.2. The molecule has 17 heavy (non-hydrogen) atoms. The molecular formula is C16H17N. The van der Waals surface area contributed by atoms with Crippen LogP contribution in [0.5, 0.6) is 0 Å². The third-order valence-electron chi connectivity index (χ3n) is 3.42. The van der Waals surface area contributed by atoms with Crippen LogP contribution in [0.3, 0.4) is 0 Å². The van der Waals surface area contributed by atoms with Gasteiger partial charge < -0.3 is 4.90 Å². The lowest BCUT2D eigenvalue weighted by molar-refractivity contribution is 0.766. The van der Waals surface area contributed by atoms with E-state index in [0.717, 1.165) is 6.54 Å². The molecule has 1 heterocycles. The zero-order chi connectivity index (χ0) is 11.7. The van der Waals surface area contributed by atoms with Gasteiger partial charge >= 0.3 is 0 Å². The third kappa shape index (κ3) is 1.93. The van der Waals surface area contributed by atoms with Crippen LogP contribution in [0.15, 0.2) is 48.5 Å². The molecule has 1 aliphatic rings. The highest BCUT2D eigenvalue weighted by molar-refractivity contribution is 5.68. The van der Waals surface area contributed by atoms with E-state index in [1.165, 1.54) is 35.3 Å². The van der Waals surface area contributed by atoms with E-state index in [1.807, 2.05) is 0 Å². The summed E-state index contributed by atoms with van der Waals surface area (Å²) >= 11 is 0. The van der Waals surface area contributed by atoms with Crippen molar-refractivity contribution in [3.05, 3.63) is 59.7 Å². The molecule has 2 aromatic carbocycles. The van der Waals surface area contributed by atoms with Crippen molar-refractivity contribution in [1.82, 2.24) is 0 Å². The molecule has 2 aromatic rings. The SMILES string of the molecule is Cc1cccc(N2CCCc3ccccc32)c1. The highest BCUT2D eigenvalue weighted by Crippen LogP contribution is 2.33. The standard InChI is InChI=1S/C16H17N/c1-13-6-4-9-15(12-13)17-11-5-8-14-7-2-3-10-16(14)17/h2-4,6-7,9-10,12H,5,8,11H2,1H3. The maximum absolute atomic E-state index is 2.44. The molecule has 0 unspecified atom stereocenters. The van der Waals surface area contributed by atoms with Gasteiger partial charge in [-0.05, 0) is 49.1 Å². The molecule has 0 fully saturated rings. The molecular weight excluding hydrogens is 206 g/mol. The number of para-hydroxylation sites is 1. The largest absolute Gasteiger partial charge is 0.341 e. The van der Waals surface area contributed by atoms with Crippen LogP contribution in [0.1, 0.15) is 17.5 Å². The van der Waals surface area contributed by atoms with Gasteiger partial charge in [0.25, 0.3) is 0 Å². The average molecular weight is 223 g/mol. The first-order chi connectivity index (χ1) is 8.34. The van der Waals surface area contributed by atoms with Crippen LogP contribution in [0, 0.1) is 6.92 Å². The Balaban J connectivity index is 2.06. The van der Waals surface area contributed by atoms with E-state index in [2.05, 4.69) is 60.4 Å². The maximum Gasteiger partial charge on any atom is 0.0443 e. The second-order valence-electron chi connectivity index (χ2n) is 4.72. The number of hydrogen-bond donors (Lipinski definition) is 0. The van der Waals surface area contributed by atoms with Gasteiger partial charge in [-0.25, -0.2) is 0 Å². The molecule has 0 bridgehead atoms. The van der Waals surface area contributed by atoms with E-state index in [4.69, 9.17) is 0 Å². The number of nitrogens with zero attached hydrogens (tertiary/aromatic N) is 1. The van der Waals surface area contributed by atoms with Crippen molar-refractivity contribution in [2.75, 3.05) is 11.4 Å². The summed E-state index contributed by atoms with van der Waals surface area (Å²) in [6.45, 7) is 3.28. The summed E-state index contributed by atoms with van der Waals surface area (Å²) in [5.74, 6) is 0. The number of rotatable bonds is 1. The Morgan fingerprint density at radius 3 is 2.76 bits per heavy atom. The van der Waals surface area contributed by atoms with Crippen LogP contribution in [0.25, 0.3) is 0 Å². The smallest absolute Gasteiger partial charge is 0.0443 e. The van der Waals surface area contributed by atoms with Gasteiger partial charge in [0, 0.05) is 17.9 Å². The highest BCUT2D eigenvalue weighted by Gasteiger charge is 2.17. The normalized spacial score (nSPS) is 14.5. The summed E-state index contributed by atoms with van der Waals surface area (Å²) < 4.78 is 0. The Morgan fingerprint density at radius 1 is 1.00 bits per heavy atom. The van der Waals surface area contributed by atoms with E-state index in [1.54, 1.807) is 0 Å². The fraction of sp³-hybridized carbons (Fsp3) is 0.250. The van der Waals surface area contributed by atoms with Gasteiger partial charge in [-0.15, -0.1) is 0 Å². The third-order valence-corrected chi connectivity index (χ3v) is 3.42. The van der Waals surface area contributed by atoms with E-state index in [9.17, 15) is 0 Å². The molecule has 1 nitrogen and oxygen atoms in total. The van der Waals surface area contributed by atoms with Gasteiger partial charge in [-0.3, -0.25) is 0 Å². The van der Waals surface area contributed by atoms with Gasteiger partial charge in [0.1, 0.15) is 0 Å². The Bertz CT molecular complexity index is 531. The summed E-state index contributed by atoms with van der Waals surface area (Å²) in [5.41, 5.74) is 5.49. The molecule has 0 saturated carbocycles. The first-order valence-corrected chi connectivity index (χ1v) is 6.27. The van der Waals surface area contributed by atoms with Gasteiger partial charge in [-0.2, -0.15) is 0 Å². The molecule has 0 amide bonds. The van der Waals surface area contributed by atoms with Crippen molar-refractivity contribution in [1.29, 1.82) is 0 Å². The summed E-state index contributed by atoms with van der Waals surface area (Å²) in [4.78, 5) is 2.44. The van der Waals surface area contributed by atoms with Crippen molar-refractivity contribution in [3.63, 3.8) is 0 Å². The first kappa shape index (κ1) is 10.4. The van der Waals surface area contributed by atoms with Gasteiger partial charge in [-0.1, -0.05) is 30.3 Å². The van der Waals surface area contributed by atoms with E-state index >= 15 is 0 Å². The lowest BCUT2D eigenvalue weighted by atomic mass is 10.0. The van der Waals surface area contributed by atoms with Crippen molar-refractivity contribution in [3.8, 4) is 0 Å². The predicted molar refractivity (Wildman–Crippen MR) is 72.9 cm³/mol. The second kappa shape index (κ2) is 4.25. The molecule has 0 atom stereocenters. The Labute approximate surface area is 103 Å². The van der Waals surface area contributed by atoms with Crippen LogP contribution in [0.4, 0.5) is 11.4 Å². The average Bonchev–Trinajstić information content (AvgIpc) is 2.38. The lowest BCUT2D eigenvalue weighted by Crippen LogP contribution is -2.24. The zero-order valence-corrected chi connectivity index (χ0v) is 10.2. The molecule has 0 saturated heterocycles. The number of hydrogen-bond acceptors (Lipinski definition) is 1. The Kier molecular flexibility index (Phi) is 2.60. The molecule has 0 aliphatic carbocycles. The van der Waals surface area contributed by atoms with Gasteiger partial charge in [0.2, 0.25) is 0 Å². The van der Waals surface area contributed by atoms with Crippen molar-refractivity contribution in [2.24, 2.45) is 0 Å². The van der Waals surface area contributed by atoms with E-state index < -0.39 is 0 Å². The minimum absolute atomic E-state index is 1.13. The summed E-state index contributed by atoms with van der Waals surface area (Å²) in [5, 5.41) is 0. The van der Waals surface area contributed by atoms with Crippen molar-refractivity contribution >= 4 is 11.4 Å². The molecule has 1 heteroatoms. The van der Waals surface area contributed by atoms with Gasteiger partial charge in [0.15, 0.2) is 0 Å². The van der Waals surface area contributed by atoms with Crippen molar-refractivity contribution < 1.29 is 0 Å². The molecule has 0 N–H and O–H groups in total. The number of benzene rings is 2. The van der Waals surface area contributed by atoms with Crippen molar-refractivity contribution in [2.45, 2.75) is 19.8 Å². The summed E-state index contributed by atoms with van der Waals surface area (Å²) in [6.07, 6.45) is 2.45. The number of anilines is 2. The maximum atomic E-state index is 2.44. The predicted octanol–water partition coefficient (Wildman–Crippen LogP) is 4.08. The molecule has 3 rings (SSSR count). The number of fused-ring (bicyclic) bond motifs is 1. The minimum atomic E-state index is 1.13. The Hall–Kier alpha value is -1.76. The first-order valence-electron chi connectivity index (χ1n) is 6.27. The fourth-order valence-corrected chi connectivity index (χ4v) is 2.60. The molecule has 86 valence electrons. The van der Waals surface area contributed by atoms with Crippen LogP contribution >= 0.6 is 0 Å².